The van der Waals surface area contributed by atoms with Crippen LogP contribution in [-0.4, -0.2) is 38.3 Å². The lowest BCUT2D eigenvalue weighted by atomic mass is 10.0. The average Bonchev–Trinajstić information content (AvgIpc) is 2.48. The maximum atomic E-state index is 12.6. The van der Waals surface area contributed by atoms with Crippen LogP contribution >= 0.6 is 0 Å². The molecule has 1 aliphatic heterocycles. The third-order valence-electron chi connectivity index (χ3n) is 3.75. The van der Waals surface area contributed by atoms with E-state index in [1.165, 1.54) is 11.4 Å². The number of hydrogen-bond donors (Lipinski definition) is 2. The van der Waals surface area contributed by atoms with Gasteiger partial charge in [-0.2, -0.15) is 4.31 Å². The molecule has 1 amide bonds. The number of amides is 1. The Balaban J connectivity index is 2.24. The van der Waals surface area contributed by atoms with Crippen LogP contribution in [0.3, 0.4) is 0 Å². The lowest BCUT2D eigenvalue weighted by molar-refractivity contribution is -0.125. The van der Waals surface area contributed by atoms with Crippen LogP contribution in [0.4, 0.5) is 5.69 Å². The largest absolute Gasteiger partial charge is 0.398 e. The molecule has 2 rings (SSSR count). The van der Waals surface area contributed by atoms with Gasteiger partial charge in [0.15, 0.2) is 0 Å². The molecular weight excluding hydrogens is 290 g/mol. The van der Waals surface area contributed by atoms with E-state index >= 15 is 0 Å². The summed E-state index contributed by atoms with van der Waals surface area (Å²) in [5.74, 6) is -0.424. The van der Waals surface area contributed by atoms with Gasteiger partial charge in [0.05, 0.1) is 5.75 Å². The molecule has 1 aliphatic rings. The van der Waals surface area contributed by atoms with Crippen molar-refractivity contribution in [2.75, 3.05) is 19.3 Å². The first kappa shape index (κ1) is 15.8. The SMILES string of the molecule is CNC(=O)C1CCCCN1S(=O)(=O)Cc1ccccc1N. The quantitative estimate of drug-likeness (QED) is 0.801. The van der Waals surface area contributed by atoms with E-state index in [2.05, 4.69) is 5.32 Å². The van der Waals surface area contributed by atoms with Gasteiger partial charge in [-0.1, -0.05) is 24.6 Å². The normalized spacial score (nSPS) is 20.1. The molecule has 1 fully saturated rings. The minimum absolute atomic E-state index is 0.173. The second-order valence-corrected chi connectivity index (χ2v) is 7.11. The molecule has 1 heterocycles. The van der Waals surface area contributed by atoms with Crippen LogP contribution in [0.15, 0.2) is 24.3 Å². The molecule has 3 N–H and O–H groups in total. The van der Waals surface area contributed by atoms with Gasteiger partial charge in [0, 0.05) is 19.3 Å². The predicted octanol–water partition coefficient (Wildman–Crippen LogP) is 0.699. The Hall–Kier alpha value is -1.60. The number of anilines is 1. The van der Waals surface area contributed by atoms with Crippen LogP contribution in [0.2, 0.25) is 0 Å². The fourth-order valence-electron chi connectivity index (χ4n) is 2.61. The highest BCUT2D eigenvalue weighted by Crippen LogP contribution is 2.24. The minimum Gasteiger partial charge on any atom is -0.398 e. The zero-order valence-electron chi connectivity index (χ0n) is 12.1. The van der Waals surface area contributed by atoms with Crippen molar-refractivity contribution >= 4 is 21.6 Å². The van der Waals surface area contributed by atoms with Gasteiger partial charge in [0.25, 0.3) is 0 Å². The number of para-hydroxylation sites is 1. The molecule has 6 nitrogen and oxygen atoms in total. The fraction of sp³-hybridized carbons (Fsp3) is 0.500. The number of nitrogen functional groups attached to an aromatic ring is 1. The summed E-state index contributed by atoms with van der Waals surface area (Å²) in [7, 11) is -2.05. The average molecular weight is 311 g/mol. The molecule has 7 heteroatoms. The first-order valence-electron chi connectivity index (χ1n) is 7.00. The second kappa shape index (κ2) is 6.44. The van der Waals surface area contributed by atoms with Crippen molar-refractivity contribution < 1.29 is 13.2 Å². The maximum Gasteiger partial charge on any atom is 0.238 e. The first-order chi connectivity index (χ1) is 9.95. The smallest absolute Gasteiger partial charge is 0.238 e. The van der Waals surface area contributed by atoms with Crippen LogP contribution in [0.5, 0.6) is 0 Å². The highest BCUT2D eigenvalue weighted by molar-refractivity contribution is 7.88. The third-order valence-corrected chi connectivity index (χ3v) is 5.58. The van der Waals surface area contributed by atoms with Crippen LogP contribution in [0.25, 0.3) is 0 Å². The van der Waals surface area contributed by atoms with Gasteiger partial charge in [-0.05, 0) is 24.5 Å². The van der Waals surface area contributed by atoms with Crippen molar-refractivity contribution in [2.24, 2.45) is 0 Å². The monoisotopic (exact) mass is 311 g/mol. The van der Waals surface area contributed by atoms with Crippen molar-refractivity contribution in [1.29, 1.82) is 0 Å². The van der Waals surface area contributed by atoms with Gasteiger partial charge in [0.2, 0.25) is 15.9 Å². The topological polar surface area (TPSA) is 92.5 Å². The molecule has 0 radical (unpaired) electrons. The lowest BCUT2D eigenvalue weighted by Gasteiger charge is -2.33. The van der Waals surface area contributed by atoms with Crippen molar-refractivity contribution in [3.63, 3.8) is 0 Å². The molecule has 1 aromatic rings. The molecule has 0 saturated carbocycles. The number of piperidine rings is 1. The summed E-state index contributed by atoms with van der Waals surface area (Å²) in [6.07, 6.45) is 2.19. The molecule has 1 atom stereocenters. The highest BCUT2D eigenvalue weighted by Gasteiger charge is 2.36. The fourth-order valence-corrected chi connectivity index (χ4v) is 4.43. The third kappa shape index (κ3) is 3.54. The predicted molar refractivity (Wildman–Crippen MR) is 81.9 cm³/mol. The maximum absolute atomic E-state index is 12.6. The first-order valence-corrected chi connectivity index (χ1v) is 8.61. The van der Waals surface area contributed by atoms with E-state index in [1.54, 1.807) is 24.3 Å². The molecule has 0 spiro atoms. The molecular formula is C14H21N3O3S. The Morgan fingerprint density at radius 1 is 1.38 bits per heavy atom. The summed E-state index contributed by atoms with van der Waals surface area (Å²) < 4.78 is 26.6. The number of sulfonamides is 1. The van der Waals surface area contributed by atoms with Gasteiger partial charge in [0.1, 0.15) is 6.04 Å². The summed E-state index contributed by atoms with van der Waals surface area (Å²) in [5.41, 5.74) is 6.84. The number of likely N-dealkylation sites (N-methyl/N-ethyl adjacent to an activating group) is 1. The molecule has 116 valence electrons. The summed E-state index contributed by atoms with van der Waals surface area (Å²) in [6.45, 7) is 0.382. The van der Waals surface area contributed by atoms with Crippen LogP contribution < -0.4 is 11.1 Å². The second-order valence-electron chi connectivity index (χ2n) is 5.19. The van der Waals surface area contributed by atoms with Gasteiger partial charge >= 0.3 is 0 Å². The lowest BCUT2D eigenvalue weighted by Crippen LogP contribution is -2.51. The van der Waals surface area contributed by atoms with Crippen LogP contribution in [0, 0.1) is 0 Å². The molecule has 21 heavy (non-hydrogen) atoms. The molecule has 0 aliphatic carbocycles. The minimum atomic E-state index is -3.57. The number of nitrogens with zero attached hydrogens (tertiary/aromatic N) is 1. The van der Waals surface area contributed by atoms with E-state index in [0.29, 0.717) is 24.2 Å². The summed E-state index contributed by atoms with van der Waals surface area (Å²) in [6, 6.07) is 6.29. The highest BCUT2D eigenvalue weighted by atomic mass is 32.2. The Morgan fingerprint density at radius 2 is 2.10 bits per heavy atom. The number of rotatable bonds is 4. The number of nitrogens with two attached hydrogens (primary N) is 1. The van der Waals surface area contributed by atoms with Crippen molar-refractivity contribution in [3.05, 3.63) is 29.8 Å². The number of nitrogens with one attached hydrogen (secondary N) is 1. The molecule has 0 aromatic heterocycles. The van der Waals surface area contributed by atoms with Gasteiger partial charge in [-0.3, -0.25) is 4.79 Å². The van der Waals surface area contributed by atoms with Gasteiger partial charge in [-0.25, -0.2) is 8.42 Å². The van der Waals surface area contributed by atoms with E-state index in [4.69, 9.17) is 5.73 Å². The Bertz CT molecular complexity index is 616. The standard InChI is InChI=1S/C14H21N3O3S/c1-16-14(18)13-8-4-5-9-17(13)21(19,20)10-11-6-2-3-7-12(11)15/h2-3,6-7,13H,4-5,8-10,15H2,1H3,(H,16,18). The Labute approximate surface area is 125 Å². The summed E-state index contributed by atoms with van der Waals surface area (Å²) in [5, 5.41) is 2.54. The number of hydrogen-bond acceptors (Lipinski definition) is 4. The molecule has 1 unspecified atom stereocenters. The molecule has 0 bridgehead atoms. The zero-order valence-corrected chi connectivity index (χ0v) is 12.9. The van der Waals surface area contributed by atoms with Crippen LogP contribution in [0.1, 0.15) is 24.8 Å². The number of benzene rings is 1. The van der Waals surface area contributed by atoms with E-state index in [-0.39, 0.29) is 11.7 Å². The van der Waals surface area contributed by atoms with Crippen LogP contribution in [-0.2, 0) is 20.6 Å². The van der Waals surface area contributed by atoms with E-state index < -0.39 is 16.1 Å². The van der Waals surface area contributed by atoms with E-state index in [0.717, 1.165) is 12.8 Å². The van der Waals surface area contributed by atoms with Crippen molar-refractivity contribution in [3.8, 4) is 0 Å². The van der Waals surface area contributed by atoms with E-state index in [9.17, 15) is 13.2 Å². The van der Waals surface area contributed by atoms with E-state index in [1.807, 2.05) is 0 Å². The number of carbonyl (C=O) groups is 1. The van der Waals surface area contributed by atoms with Gasteiger partial charge in [-0.15, -0.1) is 0 Å². The summed E-state index contributed by atoms with van der Waals surface area (Å²) >= 11 is 0. The molecule has 1 saturated heterocycles. The van der Waals surface area contributed by atoms with Crippen molar-refractivity contribution in [1.82, 2.24) is 9.62 Å². The zero-order chi connectivity index (χ0) is 15.5. The molecule has 1 aromatic carbocycles. The Morgan fingerprint density at radius 3 is 2.76 bits per heavy atom. The Kier molecular flexibility index (Phi) is 4.84. The number of carbonyl (C=O) groups excluding carboxylic acids is 1. The van der Waals surface area contributed by atoms with Gasteiger partial charge < -0.3 is 11.1 Å². The van der Waals surface area contributed by atoms with Crippen molar-refractivity contribution in [2.45, 2.75) is 31.1 Å². The summed E-state index contributed by atoms with van der Waals surface area (Å²) in [4.78, 5) is 11.9.